The summed E-state index contributed by atoms with van der Waals surface area (Å²) in [5.41, 5.74) is 2.99. The van der Waals surface area contributed by atoms with Crippen LogP contribution in [0.1, 0.15) is 58.9 Å². The highest BCUT2D eigenvalue weighted by Crippen LogP contribution is 2.34. The summed E-state index contributed by atoms with van der Waals surface area (Å²) < 4.78 is 10.9. The molecule has 1 heterocycles. The van der Waals surface area contributed by atoms with Gasteiger partial charge < -0.3 is 19.7 Å². The standard InChI is InChI=1S/C27H32N4O4/c1-18-8-10-19(11-9-18)17-31(27(33)22-14-15-28-30-22)25(26(32)29-21-6-4-5-7-21)20-12-13-23(34-2)24(16-20)35-3/h8-16,21,25H,4-7,17H2,1-3H3,(H,28,30)(H,29,32)/t25-/m0/s1. The molecule has 0 unspecified atom stereocenters. The fourth-order valence-corrected chi connectivity index (χ4v) is 4.55. The van der Waals surface area contributed by atoms with E-state index in [2.05, 4.69) is 15.5 Å². The van der Waals surface area contributed by atoms with Crippen LogP contribution in [0.15, 0.2) is 54.7 Å². The van der Waals surface area contributed by atoms with Crippen molar-refractivity contribution in [3.8, 4) is 11.5 Å². The lowest BCUT2D eigenvalue weighted by molar-refractivity contribution is -0.126. The van der Waals surface area contributed by atoms with E-state index in [4.69, 9.17) is 9.47 Å². The van der Waals surface area contributed by atoms with Crippen molar-refractivity contribution in [3.63, 3.8) is 0 Å². The Bertz CT molecular complexity index is 1140. The molecule has 0 aliphatic heterocycles. The molecule has 1 atom stereocenters. The highest BCUT2D eigenvalue weighted by Gasteiger charge is 2.35. The topological polar surface area (TPSA) is 96.5 Å². The minimum Gasteiger partial charge on any atom is -0.493 e. The smallest absolute Gasteiger partial charge is 0.273 e. The summed E-state index contributed by atoms with van der Waals surface area (Å²) >= 11 is 0. The molecule has 0 bridgehead atoms. The van der Waals surface area contributed by atoms with Gasteiger partial charge in [-0.15, -0.1) is 0 Å². The predicted molar refractivity (Wildman–Crippen MR) is 132 cm³/mol. The van der Waals surface area contributed by atoms with Gasteiger partial charge >= 0.3 is 0 Å². The Hall–Kier alpha value is -3.81. The fraction of sp³-hybridized carbons (Fsp3) is 0.370. The summed E-state index contributed by atoms with van der Waals surface area (Å²) in [7, 11) is 3.11. The van der Waals surface area contributed by atoms with Gasteiger partial charge in [-0.25, -0.2) is 0 Å². The number of ether oxygens (including phenoxy) is 2. The molecule has 1 aromatic heterocycles. The lowest BCUT2D eigenvalue weighted by Crippen LogP contribution is -2.46. The van der Waals surface area contributed by atoms with E-state index < -0.39 is 6.04 Å². The number of hydrogen-bond donors (Lipinski definition) is 2. The van der Waals surface area contributed by atoms with Crippen LogP contribution < -0.4 is 14.8 Å². The Morgan fingerprint density at radius 3 is 2.40 bits per heavy atom. The van der Waals surface area contributed by atoms with E-state index in [0.29, 0.717) is 22.8 Å². The van der Waals surface area contributed by atoms with E-state index in [1.54, 1.807) is 37.3 Å². The van der Waals surface area contributed by atoms with Crippen molar-refractivity contribution in [1.82, 2.24) is 20.4 Å². The number of methoxy groups -OCH3 is 2. The molecular weight excluding hydrogens is 444 g/mol. The van der Waals surface area contributed by atoms with Gasteiger partial charge in [0.1, 0.15) is 11.7 Å². The molecule has 8 heteroatoms. The van der Waals surface area contributed by atoms with Gasteiger partial charge in [0.15, 0.2) is 11.5 Å². The van der Waals surface area contributed by atoms with Gasteiger partial charge in [-0.05, 0) is 49.1 Å². The lowest BCUT2D eigenvalue weighted by atomic mass is 10.0. The van der Waals surface area contributed by atoms with E-state index in [0.717, 1.165) is 36.8 Å². The van der Waals surface area contributed by atoms with Crippen molar-refractivity contribution in [2.45, 2.75) is 51.2 Å². The highest BCUT2D eigenvalue weighted by molar-refractivity contribution is 5.96. The Balaban J connectivity index is 1.78. The van der Waals surface area contributed by atoms with Crippen molar-refractivity contribution in [3.05, 3.63) is 77.1 Å². The van der Waals surface area contributed by atoms with Gasteiger partial charge in [-0.2, -0.15) is 5.10 Å². The highest BCUT2D eigenvalue weighted by atomic mass is 16.5. The van der Waals surface area contributed by atoms with Crippen LogP contribution in [-0.2, 0) is 11.3 Å². The van der Waals surface area contributed by atoms with Gasteiger partial charge in [0.05, 0.1) is 14.2 Å². The molecule has 184 valence electrons. The largest absolute Gasteiger partial charge is 0.493 e. The molecule has 1 fully saturated rings. The normalized spacial score (nSPS) is 14.4. The van der Waals surface area contributed by atoms with Crippen LogP contribution in [0.3, 0.4) is 0 Å². The maximum atomic E-state index is 13.8. The van der Waals surface area contributed by atoms with Crippen molar-refractivity contribution in [2.24, 2.45) is 0 Å². The molecule has 1 aliphatic carbocycles. The average Bonchev–Trinajstić information content (AvgIpc) is 3.59. The summed E-state index contributed by atoms with van der Waals surface area (Å²) in [6.07, 6.45) is 5.59. The molecule has 2 amide bonds. The Morgan fingerprint density at radius 1 is 1.06 bits per heavy atom. The number of carbonyl (C=O) groups excluding carboxylic acids is 2. The Morgan fingerprint density at radius 2 is 1.77 bits per heavy atom. The van der Waals surface area contributed by atoms with Crippen molar-refractivity contribution in [2.75, 3.05) is 14.2 Å². The van der Waals surface area contributed by atoms with Crippen molar-refractivity contribution >= 4 is 11.8 Å². The van der Waals surface area contributed by atoms with Crippen LogP contribution >= 0.6 is 0 Å². The number of aromatic amines is 1. The number of rotatable bonds is 9. The zero-order valence-electron chi connectivity index (χ0n) is 20.4. The second-order valence-corrected chi connectivity index (χ2v) is 8.90. The van der Waals surface area contributed by atoms with Gasteiger partial charge in [0.2, 0.25) is 5.91 Å². The average molecular weight is 477 g/mol. The molecule has 0 saturated heterocycles. The molecule has 3 aromatic rings. The van der Waals surface area contributed by atoms with Crippen molar-refractivity contribution < 1.29 is 19.1 Å². The van der Waals surface area contributed by atoms with Crippen molar-refractivity contribution in [1.29, 1.82) is 0 Å². The fourth-order valence-electron chi connectivity index (χ4n) is 4.55. The van der Waals surface area contributed by atoms with Crippen LogP contribution in [0.5, 0.6) is 11.5 Å². The van der Waals surface area contributed by atoms with Crippen LogP contribution in [-0.4, -0.2) is 47.2 Å². The van der Waals surface area contributed by atoms with Gasteiger partial charge in [-0.1, -0.05) is 48.7 Å². The quantitative estimate of drug-likeness (QED) is 0.483. The van der Waals surface area contributed by atoms with Crippen LogP contribution in [0.4, 0.5) is 0 Å². The third-order valence-electron chi connectivity index (χ3n) is 6.45. The van der Waals surface area contributed by atoms with Crippen LogP contribution in [0.2, 0.25) is 0 Å². The number of H-pyrrole nitrogens is 1. The molecule has 0 spiro atoms. The van der Waals surface area contributed by atoms with Gasteiger partial charge in [-0.3, -0.25) is 14.7 Å². The van der Waals surface area contributed by atoms with Gasteiger partial charge in [0.25, 0.3) is 5.91 Å². The first-order chi connectivity index (χ1) is 17.0. The zero-order valence-corrected chi connectivity index (χ0v) is 20.4. The first-order valence-corrected chi connectivity index (χ1v) is 11.9. The molecule has 0 radical (unpaired) electrons. The number of benzene rings is 2. The number of aryl methyl sites for hydroxylation is 1. The van der Waals surface area contributed by atoms with E-state index in [1.807, 2.05) is 37.3 Å². The minimum absolute atomic E-state index is 0.105. The number of nitrogens with one attached hydrogen (secondary N) is 2. The molecule has 8 nitrogen and oxygen atoms in total. The molecule has 4 rings (SSSR count). The molecule has 2 aromatic carbocycles. The summed E-state index contributed by atoms with van der Waals surface area (Å²) in [5, 5.41) is 9.89. The number of carbonyl (C=O) groups is 2. The number of amides is 2. The Labute approximate surface area is 205 Å². The summed E-state index contributed by atoms with van der Waals surface area (Å²) in [6.45, 7) is 2.26. The first-order valence-electron chi connectivity index (χ1n) is 11.9. The Kier molecular flexibility index (Phi) is 7.70. The number of hydrogen-bond acceptors (Lipinski definition) is 5. The van der Waals surface area contributed by atoms with Crippen LogP contribution in [0.25, 0.3) is 0 Å². The molecule has 2 N–H and O–H groups in total. The second kappa shape index (κ2) is 11.1. The maximum absolute atomic E-state index is 13.8. The van der Waals surface area contributed by atoms with E-state index in [9.17, 15) is 9.59 Å². The minimum atomic E-state index is -0.882. The second-order valence-electron chi connectivity index (χ2n) is 8.90. The molecule has 35 heavy (non-hydrogen) atoms. The number of aromatic nitrogens is 2. The summed E-state index contributed by atoms with van der Waals surface area (Å²) in [6, 6.07) is 14.1. The predicted octanol–water partition coefficient (Wildman–Crippen LogP) is 4.18. The van der Waals surface area contributed by atoms with Crippen LogP contribution in [0, 0.1) is 6.92 Å². The zero-order chi connectivity index (χ0) is 24.8. The monoisotopic (exact) mass is 476 g/mol. The lowest BCUT2D eigenvalue weighted by Gasteiger charge is -2.32. The van der Waals surface area contributed by atoms with E-state index >= 15 is 0 Å². The number of nitrogens with zero attached hydrogens (tertiary/aromatic N) is 2. The first kappa shape index (κ1) is 24.3. The summed E-state index contributed by atoms with van der Waals surface area (Å²) in [5.74, 6) is 0.512. The molecule has 1 aliphatic rings. The van der Waals surface area contributed by atoms with Gasteiger partial charge in [0, 0.05) is 18.8 Å². The maximum Gasteiger partial charge on any atom is 0.273 e. The third-order valence-corrected chi connectivity index (χ3v) is 6.45. The van der Waals surface area contributed by atoms with E-state index in [1.165, 1.54) is 6.20 Å². The molecular formula is C27H32N4O4. The van der Waals surface area contributed by atoms with E-state index in [-0.39, 0.29) is 24.4 Å². The summed E-state index contributed by atoms with van der Waals surface area (Å²) in [4.78, 5) is 29.1. The SMILES string of the molecule is COc1ccc([C@@H](C(=O)NC2CCCC2)N(Cc2ccc(C)cc2)C(=O)c2ccn[nH]2)cc1OC. The third kappa shape index (κ3) is 5.65. The molecule has 1 saturated carbocycles.